The lowest BCUT2D eigenvalue weighted by Gasteiger charge is -2.36. The third-order valence-corrected chi connectivity index (χ3v) is 7.65. The highest BCUT2D eigenvalue weighted by molar-refractivity contribution is 7.86. The predicted molar refractivity (Wildman–Crippen MR) is 80.0 cm³/mol. The van der Waals surface area contributed by atoms with Crippen LogP contribution in [0.3, 0.4) is 0 Å². The van der Waals surface area contributed by atoms with Crippen molar-refractivity contribution in [2.45, 2.75) is 87.0 Å². The second-order valence-electron chi connectivity index (χ2n) is 7.67. The third-order valence-electron chi connectivity index (χ3n) is 5.53. The molecule has 4 nitrogen and oxygen atoms in total. The van der Waals surface area contributed by atoms with Gasteiger partial charge in [-0.15, -0.1) is 0 Å². The van der Waals surface area contributed by atoms with Gasteiger partial charge >= 0.3 is 7.12 Å². The molecule has 2 bridgehead atoms. The van der Waals surface area contributed by atoms with Gasteiger partial charge < -0.3 is 14.4 Å². The third kappa shape index (κ3) is 2.38. The number of hydrogen-bond acceptors (Lipinski definition) is 4. The molecule has 6 heteroatoms. The molecule has 0 aromatic heterocycles. The first kappa shape index (κ1) is 15.0. The van der Waals surface area contributed by atoms with Crippen LogP contribution in [0.2, 0.25) is 6.32 Å². The Labute approximate surface area is 124 Å². The highest BCUT2D eigenvalue weighted by Crippen LogP contribution is 2.45. The summed E-state index contributed by atoms with van der Waals surface area (Å²) in [5.41, 5.74) is -1.49. The summed E-state index contributed by atoms with van der Waals surface area (Å²) in [6.07, 6.45) is 3.72. The minimum absolute atomic E-state index is 0.168. The minimum Gasteiger partial charge on any atom is -0.403 e. The number of aliphatic hydroxyl groups is 1. The Kier molecular flexibility index (Phi) is 3.41. The number of rotatable bonds is 2. The molecule has 0 aliphatic carbocycles. The molecular formula is C14H25BO4S. The Morgan fingerprint density at radius 1 is 1.10 bits per heavy atom. The summed E-state index contributed by atoms with van der Waals surface area (Å²) < 4.78 is 24.0. The molecule has 20 heavy (non-hydrogen) atoms. The average Bonchev–Trinajstić information content (AvgIpc) is 2.63. The van der Waals surface area contributed by atoms with Gasteiger partial charge in [-0.25, -0.2) is 0 Å². The van der Waals surface area contributed by atoms with Crippen LogP contribution in [0.25, 0.3) is 0 Å². The molecule has 3 rings (SSSR count). The Balaban J connectivity index is 1.69. The van der Waals surface area contributed by atoms with E-state index in [1.165, 1.54) is 0 Å². The normalized spacial score (nSPS) is 45.9. The fourth-order valence-electron chi connectivity index (χ4n) is 3.70. The van der Waals surface area contributed by atoms with Crippen molar-refractivity contribution in [3.8, 4) is 0 Å². The van der Waals surface area contributed by atoms with Crippen molar-refractivity contribution < 1.29 is 18.6 Å². The van der Waals surface area contributed by atoms with Crippen molar-refractivity contribution >= 4 is 17.9 Å². The van der Waals surface area contributed by atoms with Gasteiger partial charge in [0, 0.05) is 27.6 Å². The van der Waals surface area contributed by atoms with Crippen molar-refractivity contribution in [2.24, 2.45) is 0 Å². The fourth-order valence-corrected chi connectivity index (χ4v) is 5.93. The van der Waals surface area contributed by atoms with Gasteiger partial charge in [-0.2, -0.15) is 0 Å². The van der Waals surface area contributed by atoms with Gasteiger partial charge in [0.15, 0.2) is 0 Å². The zero-order chi connectivity index (χ0) is 14.8. The predicted octanol–water partition coefficient (Wildman–Crippen LogP) is 1.88. The van der Waals surface area contributed by atoms with Crippen LogP contribution in [0.15, 0.2) is 0 Å². The quantitative estimate of drug-likeness (QED) is 0.791. The summed E-state index contributed by atoms with van der Waals surface area (Å²) in [5, 5.41) is 11.2. The number of fused-ring (bicyclic) bond motifs is 2. The van der Waals surface area contributed by atoms with Crippen LogP contribution in [-0.4, -0.2) is 43.7 Å². The highest BCUT2D eigenvalue weighted by atomic mass is 32.2. The van der Waals surface area contributed by atoms with E-state index in [0.29, 0.717) is 19.2 Å². The maximum Gasteiger partial charge on any atom is 0.460 e. The van der Waals surface area contributed by atoms with E-state index < -0.39 is 16.4 Å². The van der Waals surface area contributed by atoms with E-state index in [4.69, 9.17) is 9.31 Å². The van der Waals surface area contributed by atoms with Gasteiger partial charge in [0.05, 0.1) is 16.8 Å². The van der Waals surface area contributed by atoms with Crippen LogP contribution < -0.4 is 0 Å². The van der Waals surface area contributed by atoms with E-state index in [9.17, 15) is 9.32 Å². The molecule has 3 saturated heterocycles. The molecule has 3 fully saturated rings. The second kappa shape index (κ2) is 4.54. The van der Waals surface area contributed by atoms with E-state index in [-0.39, 0.29) is 28.8 Å². The van der Waals surface area contributed by atoms with Crippen LogP contribution >= 0.6 is 0 Å². The molecule has 0 saturated carbocycles. The lowest BCUT2D eigenvalue weighted by Crippen LogP contribution is -2.45. The Morgan fingerprint density at radius 2 is 1.55 bits per heavy atom. The standard InChI is InChI=1S/C14H25BO4S/c1-12(2)13(3,4)19-15(18-12)9-14(16)7-10-5-6-11(8-14)20(10)17/h10-11,16H,5-9H2,1-4H3. The fraction of sp³-hybridized carbons (Fsp3) is 1.00. The molecule has 2 unspecified atom stereocenters. The molecule has 1 N–H and O–H groups in total. The minimum atomic E-state index is -0.777. The second-order valence-corrected chi connectivity index (χ2v) is 9.66. The lowest BCUT2D eigenvalue weighted by molar-refractivity contribution is 0.00578. The summed E-state index contributed by atoms with van der Waals surface area (Å²) >= 11 is 0. The highest BCUT2D eigenvalue weighted by Gasteiger charge is 2.55. The Morgan fingerprint density at radius 3 is 2.00 bits per heavy atom. The summed E-state index contributed by atoms with van der Waals surface area (Å²) in [7, 11) is -1.11. The Hall–Kier alpha value is 0.0949. The molecule has 3 aliphatic heterocycles. The summed E-state index contributed by atoms with van der Waals surface area (Å²) in [6.45, 7) is 8.10. The van der Waals surface area contributed by atoms with Crippen molar-refractivity contribution in [2.75, 3.05) is 0 Å². The van der Waals surface area contributed by atoms with Crippen molar-refractivity contribution in [1.82, 2.24) is 0 Å². The van der Waals surface area contributed by atoms with Crippen LogP contribution in [0.1, 0.15) is 53.4 Å². The van der Waals surface area contributed by atoms with E-state index in [0.717, 1.165) is 12.8 Å². The van der Waals surface area contributed by atoms with Gasteiger partial charge in [0.1, 0.15) is 0 Å². The molecule has 0 radical (unpaired) electrons. The molecule has 114 valence electrons. The van der Waals surface area contributed by atoms with Crippen LogP contribution in [0.5, 0.6) is 0 Å². The lowest BCUT2D eigenvalue weighted by atomic mass is 9.71. The Bertz CT molecular complexity index is 405. The maximum absolute atomic E-state index is 12.1. The summed E-state index contributed by atoms with van der Waals surface area (Å²) in [4.78, 5) is 0. The largest absolute Gasteiger partial charge is 0.460 e. The first-order valence-electron chi connectivity index (χ1n) is 7.59. The SMILES string of the molecule is CC1(C)OB(CC2(O)CC3CCC(C2)S3=O)OC1(C)C. The van der Waals surface area contributed by atoms with E-state index in [1.54, 1.807) is 0 Å². The first-order chi connectivity index (χ1) is 9.12. The molecule has 0 amide bonds. The van der Waals surface area contributed by atoms with Crippen LogP contribution in [0, 0.1) is 0 Å². The van der Waals surface area contributed by atoms with E-state index in [2.05, 4.69) is 0 Å². The topological polar surface area (TPSA) is 55.8 Å². The van der Waals surface area contributed by atoms with Gasteiger partial charge in [-0.05, 0) is 53.4 Å². The molecule has 3 aliphatic rings. The van der Waals surface area contributed by atoms with Gasteiger partial charge in [0.25, 0.3) is 0 Å². The van der Waals surface area contributed by atoms with Crippen molar-refractivity contribution in [1.29, 1.82) is 0 Å². The summed E-state index contributed by atoms with van der Waals surface area (Å²) in [5.74, 6) is 0. The smallest absolute Gasteiger partial charge is 0.403 e. The zero-order valence-electron chi connectivity index (χ0n) is 12.8. The molecular weight excluding hydrogens is 275 g/mol. The molecule has 0 aromatic rings. The first-order valence-corrected chi connectivity index (χ1v) is 8.87. The zero-order valence-corrected chi connectivity index (χ0v) is 13.7. The van der Waals surface area contributed by atoms with Gasteiger partial charge in [-0.1, -0.05) is 0 Å². The average molecular weight is 300 g/mol. The molecule has 0 aromatic carbocycles. The molecule has 3 heterocycles. The van der Waals surface area contributed by atoms with Gasteiger partial charge in [-0.3, -0.25) is 4.21 Å². The molecule has 0 spiro atoms. The van der Waals surface area contributed by atoms with Crippen molar-refractivity contribution in [3.63, 3.8) is 0 Å². The maximum atomic E-state index is 12.1. The molecule has 2 atom stereocenters. The van der Waals surface area contributed by atoms with Gasteiger partial charge in [0.2, 0.25) is 0 Å². The van der Waals surface area contributed by atoms with Crippen molar-refractivity contribution in [3.05, 3.63) is 0 Å². The monoisotopic (exact) mass is 300 g/mol. The van der Waals surface area contributed by atoms with E-state index in [1.807, 2.05) is 27.7 Å². The summed E-state index contributed by atoms with van der Waals surface area (Å²) in [6, 6.07) is 0. The van der Waals surface area contributed by atoms with Crippen LogP contribution in [0.4, 0.5) is 0 Å². The van der Waals surface area contributed by atoms with E-state index >= 15 is 0 Å². The van der Waals surface area contributed by atoms with Crippen LogP contribution in [-0.2, 0) is 20.1 Å². The number of hydrogen-bond donors (Lipinski definition) is 1.